The Hall–Kier alpha value is -1.55. The maximum absolute atomic E-state index is 12.1. The van der Waals surface area contributed by atoms with Gasteiger partial charge >= 0.3 is 0 Å². The third kappa shape index (κ3) is 4.56. The third-order valence-electron chi connectivity index (χ3n) is 2.97. The van der Waals surface area contributed by atoms with Crippen molar-refractivity contribution in [2.45, 2.75) is 39.3 Å². The number of hydrogen-bond acceptors (Lipinski definition) is 3. The number of hydrogen-bond donors (Lipinski definition) is 1. The molecule has 0 saturated heterocycles. The van der Waals surface area contributed by atoms with Crippen LogP contribution in [-0.2, 0) is 11.3 Å². The van der Waals surface area contributed by atoms with Crippen molar-refractivity contribution in [2.75, 3.05) is 13.7 Å². The number of likely N-dealkylation sites (N-methyl/N-ethyl adjacent to an activating group) is 1. The van der Waals surface area contributed by atoms with Crippen LogP contribution in [0, 0.1) is 0 Å². The topological polar surface area (TPSA) is 55.6 Å². The van der Waals surface area contributed by atoms with E-state index in [2.05, 4.69) is 0 Å². The SMILES string of the molecule is CCC[C@@H](N)C(=O)N(C)Cc1ccccc1OCC. The summed E-state index contributed by atoms with van der Waals surface area (Å²) in [6.45, 7) is 5.11. The molecule has 1 rings (SSSR count). The lowest BCUT2D eigenvalue weighted by Gasteiger charge is -2.22. The van der Waals surface area contributed by atoms with Crippen LogP contribution in [0.4, 0.5) is 0 Å². The fourth-order valence-electron chi connectivity index (χ4n) is 1.98. The van der Waals surface area contributed by atoms with Crippen molar-refractivity contribution in [1.82, 2.24) is 4.90 Å². The molecule has 0 aromatic heterocycles. The van der Waals surface area contributed by atoms with Crippen LogP contribution in [0.1, 0.15) is 32.3 Å². The summed E-state index contributed by atoms with van der Waals surface area (Å²) in [6.07, 6.45) is 1.63. The Morgan fingerprint density at radius 2 is 2.05 bits per heavy atom. The Morgan fingerprint density at radius 1 is 1.37 bits per heavy atom. The molecule has 1 atom stereocenters. The van der Waals surface area contributed by atoms with Gasteiger partial charge in [-0.2, -0.15) is 0 Å². The Bertz CT molecular complexity index is 407. The van der Waals surface area contributed by atoms with Crippen LogP contribution in [0.5, 0.6) is 5.75 Å². The van der Waals surface area contributed by atoms with E-state index < -0.39 is 6.04 Å². The lowest BCUT2D eigenvalue weighted by Crippen LogP contribution is -2.41. The number of ether oxygens (including phenoxy) is 1. The highest BCUT2D eigenvalue weighted by atomic mass is 16.5. The van der Waals surface area contributed by atoms with Crippen molar-refractivity contribution in [3.63, 3.8) is 0 Å². The number of benzene rings is 1. The first-order valence-electron chi connectivity index (χ1n) is 6.81. The normalized spacial score (nSPS) is 12.0. The molecule has 0 radical (unpaired) electrons. The first-order valence-corrected chi connectivity index (χ1v) is 6.81. The molecule has 0 aliphatic carbocycles. The largest absolute Gasteiger partial charge is 0.494 e. The van der Waals surface area contributed by atoms with Gasteiger partial charge in [0.15, 0.2) is 0 Å². The summed E-state index contributed by atoms with van der Waals surface area (Å²) in [5.74, 6) is 0.807. The fraction of sp³-hybridized carbons (Fsp3) is 0.533. The maximum atomic E-state index is 12.1. The summed E-state index contributed by atoms with van der Waals surface area (Å²) in [6, 6.07) is 7.36. The third-order valence-corrected chi connectivity index (χ3v) is 2.97. The van der Waals surface area contributed by atoms with Gasteiger partial charge in [0.1, 0.15) is 5.75 Å². The second kappa shape index (κ2) is 7.79. The number of amides is 1. The number of para-hydroxylation sites is 1. The van der Waals surface area contributed by atoms with Crippen molar-refractivity contribution >= 4 is 5.91 Å². The van der Waals surface area contributed by atoms with Crippen molar-refractivity contribution in [1.29, 1.82) is 0 Å². The number of nitrogens with zero attached hydrogens (tertiary/aromatic N) is 1. The zero-order chi connectivity index (χ0) is 14.3. The standard InChI is InChI=1S/C15H24N2O2/c1-4-8-13(16)15(18)17(3)11-12-9-6-7-10-14(12)19-5-2/h6-7,9-10,13H,4-5,8,11,16H2,1-3H3/t13-/m1/s1. The lowest BCUT2D eigenvalue weighted by molar-refractivity contribution is -0.132. The van der Waals surface area contributed by atoms with Gasteiger partial charge in [0, 0.05) is 19.2 Å². The highest BCUT2D eigenvalue weighted by Crippen LogP contribution is 2.19. The minimum Gasteiger partial charge on any atom is -0.494 e. The smallest absolute Gasteiger partial charge is 0.239 e. The second-order valence-electron chi connectivity index (χ2n) is 4.63. The summed E-state index contributed by atoms with van der Waals surface area (Å²) in [4.78, 5) is 13.7. The minimum absolute atomic E-state index is 0.0202. The predicted molar refractivity (Wildman–Crippen MR) is 77.0 cm³/mol. The van der Waals surface area contributed by atoms with E-state index in [1.807, 2.05) is 38.1 Å². The maximum Gasteiger partial charge on any atom is 0.239 e. The Morgan fingerprint density at radius 3 is 2.68 bits per heavy atom. The van der Waals surface area contributed by atoms with Crippen molar-refractivity contribution < 1.29 is 9.53 Å². The van der Waals surface area contributed by atoms with E-state index in [1.54, 1.807) is 11.9 Å². The highest BCUT2D eigenvalue weighted by molar-refractivity contribution is 5.81. The average Bonchev–Trinajstić information content (AvgIpc) is 2.40. The van der Waals surface area contributed by atoms with Crippen molar-refractivity contribution in [3.8, 4) is 5.75 Å². The average molecular weight is 264 g/mol. The molecule has 1 aromatic carbocycles. The number of nitrogens with two attached hydrogens (primary N) is 1. The predicted octanol–water partition coefficient (Wildman–Crippen LogP) is 2.17. The summed E-state index contributed by atoms with van der Waals surface area (Å²) in [7, 11) is 1.78. The zero-order valence-electron chi connectivity index (χ0n) is 12.1. The van der Waals surface area contributed by atoms with Crippen LogP contribution >= 0.6 is 0 Å². The number of carbonyl (C=O) groups is 1. The van der Waals surface area contributed by atoms with Gasteiger partial charge in [-0.3, -0.25) is 4.79 Å². The Kier molecular flexibility index (Phi) is 6.36. The van der Waals surface area contributed by atoms with E-state index in [-0.39, 0.29) is 5.91 Å². The second-order valence-corrected chi connectivity index (χ2v) is 4.63. The fourth-order valence-corrected chi connectivity index (χ4v) is 1.98. The molecule has 0 spiro atoms. The molecular formula is C15H24N2O2. The van der Waals surface area contributed by atoms with Crippen LogP contribution in [0.3, 0.4) is 0 Å². The van der Waals surface area contributed by atoms with E-state index in [0.717, 1.165) is 24.2 Å². The molecule has 0 heterocycles. The molecule has 0 fully saturated rings. The van der Waals surface area contributed by atoms with E-state index in [4.69, 9.17) is 10.5 Å². The van der Waals surface area contributed by atoms with Crippen LogP contribution in [0.15, 0.2) is 24.3 Å². The minimum atomic E-state index is -0.408. The summed E-state index contributed by atoms with van der Waals surface area (Å²) in [5.41, 5.74) is 6.86. The van der Waals surface area contributed by atoms with E-state index in [9.17, 15) is 4.79 Å². The van der Waals surface area contributed by atoms with Gasteiger partial charge in [-0.15, -0.1) is 0 Å². The first kappa shape index (κ1) is 15.5. The molecule has 1 amide bonds. The molecule has 0 aliphatic heterocycles. The molecule has 0 unspecified atom stereocenters. The van der Waals surface area contributed by atoms with Crippen LogP contribution < -0.4 is 10.5 Å². The lowest BCUT2D eigenvalue weighted by atomic mass is 10.1. The van der Waals surface area contributed by atoms with Crippen LogP contribution in [-0.4, -0.2) is 30.5 Å². The molecule has 19 heavy (non-hydrogen) atoms. The highest BCUT2D eigenvalue weighted by Gasteiger charge is 2.18. The molecule has 4 nitrogen and oxygen atoms in total. The molecule has 0 saturated carbocycles. The van der Waals surface area contributed by atoms with Gasteiger partial charge in [0.2, 0.25) is 5.91 Å². The molecule has 0 bridgehead atoms. The first-order chi connectivity index (χ1) is 9.10. The van der Waals surface area contributed by atoms with E-state index >= 15 is 0 Å². The Labute approximate surface area is 115 Å². The monoisotopic (exact) mass is 264 g/mol. The quantitative estimate of drug-likeness (QED) is 0.821. The van der Waals surface area contributed by atoms with Crippen molar-refractivity contribution in [3.05, 3.63) is 29.8 Å². The van der Waals surface area contributed by atoms with Crippen LogP contribution in [0.25, 0.3) is 0 Å². The molecule has 0 aliphatic rings. The number of rotatable bonds is 7. The molecular weight excluding hydrogens is 240 g/mol. The van der Waals surface area contributed by atoms with Gasteiger partial charge in [-0.25, -0.2) is 0 Å². The van der Waals surface area contributed by atoms with Gasteiger partial charge < -0.3 is 15.4 Å². The van der Waals surface area contributed by atoms with Gasteiger partial charge in [-0.05, 0) is 19.4 Å². The van der Waals surface area contributed by atoms with E-state index in [1.165, 1.54) is 0 Å². The van der Waals surface area contributed by atoms with Gasteiger partial charge in [0.05, 0.1) is 12.6 Å². The van der Waals surface area contributed by atoms with Crippen molar-refractivity contribution in [2.24, 2.45) is 5.73 Å². The summed E-state index contributed by atoms with van der Waals surface area (Å²) >= 11 is 0. The molecule has 106 valence electrons. The molecule has 4 heteroatoms. The summed E-state index contributed by atoms with van der Waals surface area (Å²) in [5, 5.41) is 0. The van der Waals surface area contributed by atoms with Crippen LogP contribution in [0.2, 0.25) is 0 Å². The molecule has 1 aromatic rings. The van der Waals surface area contributed by atoms with Gasteiger partial charge in [0.25, 0.3) is 0 Å². The number of carbonyl (C=O) groups excluding carboxylic acids is 1. The zero-order valence-corrected chi connectivity index (χ0v) is 12.1. The summed E-state index contributed by atoms with van der Waals surface area (Å²) < 4.78 is 5.56. The van der Waals surface area contributed by atoms with E-state index in [0.29, 0.717) is 13.2 Å². The Balaban J connectivity index is 2.70. The van der Waals surface area contributed by atoms with Gasteiger partial charge in [-0.1, -0.05) is 31.5 Å². The molecule has 2 N–H and O–H groups in total.